The molecule has 1 aromatic rings. The van der Waals surface area contributed by atoms with Crippen molar-refractivity contribution < 1.29 is 14.6 Å². The fraction of sp³-hybridized carbons (Fsp3) is 0.692. The van der Waals surface area contributed by atoms with Gasteiger partial charge in [0.2, 0.25) is 0 Å². The third-order valence-corrected chi connectivity index (χ3v) is 4.05. The summed E-state index contributed by atoms with van der Waals surface area (Å²) in [6.45, 7) is 4.25. The van der Waals surface area contributed by atoms with Crippen LogP contribution in [0.1, 0.15) is 41.9 Å². The van der Waals surface area contributed by atoms with Gasteiger partial charge in [0.1, 0.15) is 11.1 Å². The molecular weight excluding hydrogens is 264 g/mol. The number of carbonyl (C=O) groups is 1. The molecule has 2 atom stereocenters. The van der Waals surface area contributed by atoms with Crippen LogP contribution in [0.3, 0.4) is 0 Å². The second kappa shape index (κ2) is 6.98. The predicted octanol–water partition coefficient (Wildman–Crippen LogP) is 1.94. The van der Waals surface area contributed by atoms with Gasteiger partial charge in [-0.05, 0) is 26.4 Å². The third-order valence-electron chi connectivity index (χ3n) is 3.10. The molecule has 0 amide bonds. The molecule has 6 heteroatoms. The molecule has 2 unspecified atom stereocenters. The number of esters is 1. The lowest BCUT2D eigenvalue weighted by Crippen LogP contribution is -2.34. The van der Waals surface area contributed by atoms with Crippen molar-refractivity contribution in [2.75, 3.05) is 21.2 Å². The number of aromatic nitrogens is 1. The van der Waals surface area contributed by atoms with E-state index in [-0.39, 0.29) is 11.7 Å². The minimum Gasteiger partial charge on any atom is -0.464 e. The Hall–Kier alpha value is -0.980. The van der Waals surface area contributed by atoms with E-state index in [4.69, 9.17) is 0 Å². The summed E-state index contributed by atoms with van der Waals surface area (Å²) in [6.07, 6.45) is -0.0584. The first-order valence-corrected chi connectivity index (χ1v) is 7.13. The van der Waals surface area contributed by atoms with Crippen LogP contribution in [0.15, 0.2) is 5.38 Å². The van der Waals surface area contributed by atoms with Crippen LogP contribution in [0.4, 0.5) is 0 Å². The van der Waals surface area contributed by atoms with Gasteiger partial charge >= 0.3 is 5.97 Å². The quantitative estimate of drug-likeness (QED) is 0.810. The number of hydrogen-bond donors (Lipinski definition) is 1. The first-order valence-electron chi connectivity index (χ1n) is 6.25. The van der Waals surface area contributed by atoms with Crippen molar-refractivity contribution in [3.8, 4) is 0 Å². The Morgan fingerprint density at radius 1 is 1.53 bits per heavy atom. The fourth-order valence-corrected chi connectivity index (χ4v) is 2.83. The van der Waals surface area contributed by atoms with Crippen molar-refractivity contribution in [2.45, 2.75) is 32.4 Å². The number of aliphatic hydroxyl groups excluding tert-OH is 1. The Balaban J connectivity index is 2.74. The Labute approximate surface area is 118 Å². The van der Waals surface area contributed by atoms with Crippen molar-refractivity contribution in [3.05, 3.63) is 16.1 Å². The SMILES string of the molecule is COC(=O)c1csc(C(O)CC(C(C)C)N(C)C)n1. The van der Waals surface area contributed by atoms with Crippen molar-refractivity contribution >= 4 is 17.3 Å². The van der Waals surface area contributed by atoms with Gasteiger partial charge in [0.25, 0.3) is 0 Å². The zero-order chi connectivity index (χ0) is 14.6. The lowest BCUT2D eigenvalue weighted by molar-refractivity contribution is 0.0593. The Bertz CT molecular complexity index is 410. The van der Waals surface area contributed by atoms with Gasteiger partial charge < -0.3 is 14.7 Å². The van der Waals surface area contributed by atoms with E-state index in [1.54, 1.807) is 5.38 Å². The molecule has 1 rings (SSSR count). The molecule has 108 valence electrons. The number of aliphatic hydroxyl groups is 1. The maximum Gasteiger partial charge on any atom is 0.357 e. The predicted molar refractivity (Wildman–Crippen MR) is 75.3 cm³/mol. The van der Waals surface area contributed by atoms with Gasteiger partial charge in [-0.3, -0.25) is 0 Å². The van der Waals surface area contributed by atoms with Crippen LogP contribution < -0.4 is 0 Å². The summed E-state index contributed by atoms with van der Waals surface area (Å²) in [6, 6.07) is 0.264. The molecule has 0 saturated heterocycles. The van der Waals surface area contributed by atoms with Crippen LogP contribution in [-0.2, 0) is 4.74 Å². The molecule has 1 aromatic heterocycles. The number of ether oxygens (including phenoxy) is 1. The molecule has 0 spiro atoms. The maximum absolute atomic E-state index is 11.3. The van der Waals surface area contributed by atoms with Gasteiger partial charge in [0.05, 0.1) is 7.11 Å². The highest BCUT2D eigenvalue weighted by atomic mass is 32.1. The Morgan fingerprint density at radius 3 is 2.63 bits per heavy atom. The minimum atomic E-state index is -0.654. The molecule has 1 heterocycles. The summed E-state index contributed by atoms with van der Waals surface area (Å²) >= 11 is 1.29. The number of thiazole rings is 1. The Kier molecular flexibility index (Phi) is 5.90. The van der Waals surface area contributed by atoms with Crippen molar-refractivity contribution in [3.63, 3.8) is 0 Å². The van der Waals surface area contributed by atoms with Gasteiger partial charge in [-0.2, -0.15) is 0 Å². The van der Waals surface area contributed by atoms with E-state index >= 15 is 0 Å². The van der Waals surface area contributed by atoms with Gasteiger partial charge in [0, 0.05) is 11.4 Å². The molecule has 0 saturated carbocycles. The van der Waals surface area contributed by atoms with Crippen molar-refractivity contribution in [1.82, 2.24) is 9.88 Å². The summed E-state index contributed by atoms with van der Waals surface area (Å²) in [5, 5.41) is 12.4. The molecular formula is C13H22N2O3S. The highest BCUT2D eigenvalue weighted by molar-refractivity contribution is 7.09. The van der Waals surface area contributed by atoms with Gasteiger partial charge in [-0.25, -0.2) is 9.78 Å². The first kappa shape index (κ1) is 16.1. The van der Waals surface area contributed by atoms with E-state index in [2.05, 4.69) is 28.5 Å². The molecule has 1 N–H and O–H groups in total. The molecule has 0 aromatic carbocycles. The first-order chi connectivity index (χ1) is 8.86. The molecule has 0 aliphatic heterocycles. The van der Waals surface area contributed by atoms with E-state index in [1.807, 2.05) is 14.1 Å². The summed E-state index contributed by atoms with van der Waals surface area (Å²) in [5.74, 6) is -0.0348. The molecule has 0 radical (unpaired) electrons. The van der Waals surface area contributed by atoms with E-state index < -0.39 is 12.1 Å². The zero-order valence-electron chi connectivity index (χ0n) is 12.1. The summed E-state index contributed by atoms with van der Waals surface area (Å²) in [4.78, 5) is 17.5. The molecule has 0 bridgehead atoms. The average Bonchev–Trinajstić information content (AvgIpc) is 2.83. The molecule has 19 heavy (non-hydrogen) atoms. The number of hydrogen-bond acceptors (Lipinski definition) is 6. The fourth-order valence-electron chi connectivity index (χ4n) is 2.05. The number of carbonyl (C=O) groups excluding carboxylic acids is 1. The van der Waals surface area contributed by atoms with E-state index in [1.165, 1.54) is 18.4 Å². The van der Waals surface area contributed by atoms with Crippen molar-refractivity contribution in [1.29, 1.82) is 0 Å². The Morgan fingerprint density at radius 2 is 2.16 bits per heavy atom. The summed E-state index contributed by atoms with van der Waals surface area (Å²) in [7, 11) is 5.32. The van der Waals surface area contributed by atoms with E-state index in [0.29, 0.717) is 17.3 Å². The zero-order valence-corrected chi connectivity index (χ0v) is 12.9. The summed E-state index contributed by atoms with van der Waals surface area (Å²) in [5.41, 5.74) is 0.257. The molecule has 0 fully saturated rings. The number of rotatable bonds is 6. The van der Waals surface area contributed by atoms with Crippen LogP contribution in [0.2, 0.25) is 0 Å². The second-order valence-corrected chi connectivity index (χ2v) is 5.98. The third kappa shape index (κ3) is 4.26. The second-order valence-electron chi connectivity index (χ2n) is 5.09. The van der Waals surface area contributed by atoms with Crippen LogP contribution in [-0.4, -0.2) is 48.2 Å². The minimum absolute atomic E-state index is 0.257. The molecule has 0 aliphatic rings. The van der Waals surface area contributed by atoms with Crippen LogP contribution >= 0.6 is 11.3 Å². The van der Waals surface area contributed by atoms with Crippen LogP contribution in [0.5, 0.6) is 0 Å². The van der Waals surface area contributed by atoms with Gasteiger partial charge in [-0.15, -0.1) is 11.3 Å². The van der Waals surface area contributed by atoms with E-state index in [9.17, 15) is 9.90 Å². The van der Waals surface area contributed by atoms with Gasteiger partial charge in [0.15, 0.2) is 5.69 Å². The average molecular weight is 286 g/mol. The lowest BCUT2D eigenvalue weighted by Gasteiger charge is -2.29. The van der Waals surface area contributed by atoms with Crippen LogP contribution in [0, 0.1) is 5.92 Å². The molecule has 0 aliphatic carbocycles. The van der Waals surface area contributed by atoms with Crippen LogP contribution in [0.25, 0.3) is 0 Å². The topological polar surface area (TPSA) is 62.7 Å². The van der Waals surface area contributed by atoms with Crippen molar-refractivity contribution in [2.24, 2.45) is 5.92 Å². The highest BCUT2D eigenvalue weighted by Gasteiger charge is 2.23. The van der Waals surface area contributed by atoms with E-state index in [0.717, 1.165) is 0 Å². The summed E-state index contributed by atoms with van der Waals surface area (Å²) < 4.78 is 4.60. The normalized spacial score (nSPS) is 14.7. The number of methoxy groups -OCH3 is 1. The highest BCUT2D eigenvalue weighted by Crippen LogP contribution is 2.26. The maximum atomic E-state index is 11.3. The van der Waals surface area contributed by atoms with Gasteiger partial charge in [-0.1, -0.05) is 13.8 Å². The standard InChI is InChI=1S/C13H22N2O3S/c1-8(2)10(15(3)4)6-11(16)12-14-9(7-19-12)13(17)18-5/h7-8,10-11,16H,6H2,1-5H3. The molecule has 5 nitrogen and oxygen atoms in total. The smallest absolute Gasteiger partial charge is 0.357 e. The number of nitrogens with zero attached hydrogens (tertiary/aromatic N) is 2. The lowest BCUT2D eigenvalue weighted by atomic mass is 9.97. The largest absolute Gasteiger partial charge is 0.464 e. The monoisotopic (exact) mass is 286 g/mol.